The van der Waals surface area contributed by atoms with E-state index in [1.54, 1.807) is 0 Å². The van der Waals surface area contributed by atoms with Gasteiger partial charge in [-0.1, -0.05) is 25.6 Å². The molecule has 0 aromatic carbocycles. The number of rotatable bonds is 4. The molecule has 0 amide bonds. The summed E-state index contributed by atoms with van der Waals surface area (Å²) in [4.78, 5) is 7.27. The molecular weight excluding hydrogens is 262 g/mol. The van der Waals surface area contributed by atoms with Gasteiger partial charge in [0.05, 0.1) is 6.54 Å². The zero-order valence-electron chi connectivity index (χ0n) is 11.5. The smallest absolute Gasteiger partial charge is 0.156 e. The Morgan fingerprint density at radius 3 is 2.83 bits per heavy atom. The molecule has 0 saturated carbocycles. The summed E-state index contributed by atoms with van der Waals surface area (Å²) in [6, 6.07) is 0.622. The fourth-order valence-corrected chi connectivity index (χ4v) is 4.23. The van der Waals surface area contributed by atoms with Crippen LogP contribution in [-0.2, 0) is 0 Å². The quantitative estimate of drug-likeness (QED) is 0.857. The van der Waals surface area contributed by atoms with Crippen LogP contribution in [0.2, 0.25) is 0 Å². The van der Waals surface area contributed by atoms with E-state index in [9.17, 15) is 0 Å². The van der Waals surface area contributed by atoms with Gasteiger partial charge < -0.3 is 5.32 Å². The zero-order chi connectivity index (χ0) is 12.8. The van der Waals surface area contributed by atoms with Crippen LogP contribution in [0.15, 0.2) is 4.99 Å². The molecule has 0 spiro atoms. The minimum atomic E-state index is 0.622. The number of hydrogen-bond acceptors (Lipinski definition) is 4. The molecular formula is C13H25N3S2. The molecule has 2 heterocycles. The maximum absolute atomic E-state index is 4.73. The van der Waals surface area contributed by atoms with Crippen LogP contribution in [0.25, 0.3) is 0 Å². The molecule has 2 saturated heterocycles. The van der Waals surface area contributed by atoms with E-state index in [0.29, 0.717) is 12.0 Å². The van der Waals surface area contributed by atoms with E-state index in [4.69, 9.17) is 4.99 Å². The van der Waals surface area contributed by atoms with Crippen molar-refractivity contribution < 1.29 is 0 Å². The van der Waals surface area contributed by atoms with Gasteiger partial charge in [-0.2, -0.15) is 11.8 Å². The second-order valence-electron chi connectivity index (χ2n) is 5.27. The molecule has 0 bridgehead atoms. The normalized spacial score (nSPS) is 28.6. The topological polar surface area (TPSA) is 27.6 Å². The molecule has 0 aliphatic carbocycles. The van der Waals surface area contributed by atoms with Gasteiger partial charge in [-0.15, -0.1) is 0 Å². The first-order chi connectivity index (χ1) is 8.75. The first-order valence-corrected chi connectivity index (χ1v) is 9.13. The standard InChI is InChI=1S/C13H25N3S2/c1-11(2)12-3-8-18-13(15-12)14-4-5-16-6-9-17-10-7-16/h11-12H,3-10H2,1-2H3,(H,14,15). The SMILES string of the molecule is CC(C)C1CCSC(=NCCN2CCSCC2)N1. The highest BCUT2D eigenvalue weighted by Crippen LogP contribution is 2.18. The minimum absolute atomic E-state index is 0.622. The molecule has 1 unspecified atom stereocenters. The van der Waals surface area contributed by atoms with Crippen molar-refractivity contribution in [2.75, 3.05) is 43.4 Å². The van der Waals surface area contributed by atoms with E-state index in [1.807, 2.05) is 11.8 Å². The highest BCUT2D eigenvalue weighted by atomic mass is 32.2. The van der Waals surface area contributed by atoms with Gasteiger partial charge in [0, 0.05) is 42.9 Å². The third-order valence-corrected chi connectivity index (χ3v) is 5.46. The van der Waals surface area contributed by atoms with E-state index < -0.39 is 0 Å². The Hall–Kier alpha value is 0.130. The van der Waals surface area contributed by atoms with Crippen molar-refractivity contribution >= 4 is 28.7 Å². The van der Waals surface area contributed by atoms with Gasteiger partial charge in [0.25, 0.3) is 0 Å². The summed E-state index contributed by atoms with van der Waals surface area (Å²) in [5.41, 5.74) is 0. The summed E-state index contributed by atoms with van der Waals surface area (Å²) in [6.45, 7) is 9.13. The van der Waals surface area contributed by atoms with Crippen LogP contribution in [-0.4, -0.2) is 59.5 Å². The lowest BCUT2D eigenvalue weighted by atomic mass is 10.0. The number of aliphatic imine (C=N–C) groups is 1. The number of thioether (sulfide) groups is 2. The lowest BCUT2D eigenvalue weighted by Crippen LogP contribution is -2.41. The minimum Gasteiger partial charge on any atom is -0.362 e. The Morgan fingerprint density at radius 1 is 1.33 bits per heavy atom. The van der Waals surface area contributed by atoms with Gasteiger partial charge in [-0.3, -0.25) is 9.89 Å². The van der Waals surface area contributed by atoms with E-state index in [0.717, 1.165) is 13.1 Å². The molecule has 2 aliphatic heterocycles. The first kappa shape index (κ1) is 14.5. The molecule has 18 heavy (non-hydrogen) atoms. The summed E-state index contributed by atoms with van der Waals surface area (Å²) >= 11 is 3.96. The summed E-state index contributed by atoms with van der Waals surface area (Å²) in [5.74, 6) is 4.50. The fraction of sp³-hybridized carbons (Fsp3) is 0.923. The van der Waals surface area contributed by atoms with Crippen LogP contribution in [0.1, 0.15) is 20.3 Å². The van der Waals surface area contributed by atoms with Crippen LogP contribution < -0.4 is 5.32 Å². The molecule has 5 heteroatoms. The summed E-state index contributed by atoms with van der Waals surface area (Å²) in [7, 11) is 0. The third kappa shape index (κ3) is 4.67. The Balaban J connectivity index is 1.71. The maximum atomic E-state index is 4.73. The summed E-state index contributed by atoms with van der Waals surface area (Å²) < 4.78 is 0. The predicted octanol–water partition coefficient (Wildman–Crippen LogP) is 2.14. The lowest BCUT2D eigenvalue weighted by Gasteiger charge is -2.29. The van der Waals surface area contributed by atoms with Crippen molar-refractivity contribution in [3.8, 4) is 0 Å². The molecule has 2 aliphatic rings. The van der Waals surface area contributed by atoms with Gasteiger partial charge in [0.2, 0.25) is 0 Å². The van der Waals surface area contributed by atoms with Gasteiger partial charge in [-0.05, 0) is 12.3 Å². The van der Waals surface area contributed by atoms with Gasteiger partial charge in [-0.25, -0.2) is 0 Å². The van der Waals surface area contributed by atoms with E-state index in [2.05, 4.69) is 35.8 Å². The molecule has 0 aromatic heterocycles. The number of hydrogen-bond donors (Lipinski definition) is 1. The van der Waals surface area contributed by atoms with E-state index in [-0.39, 0.29) is 0 Å². The number of amidine groups is 1. The third-order valence-electron chi connectivity index (χ3n) is 3.56. The largest absolute Gasteiger partial charge is 0.362 e. The molecule has 2 rings (SSSR count). The molecule has 1 N–H and O–H groups in total. The lowest BCUT2D eigenvalue weighted by molar-refractivity contribution is 0.311. The Bertz CT molecular complexity index is 275. The molecule has 104 valence electrons. The van der Waals surface area contributed by atoms with Crippen molar-refractivity contribution in [3.63, 3.8) is 0 Å². The highest BCUT2D eigenvalue weighted by molar-refractivity contribution is 8.13. The highest BCUT2D eigenvalue weighted by Gasteiger charge is 2.20. The average Bonchev–Trinajstić information content (AvgIpc) is 2.40. The second-order valence-corrected chi connectivity index (χ2v) is 7.58. The molecule has 1 atom stereocenters. The van der Waals surface area contributed by atoms with Crippen molar-refractivity contribution in [2.45, 2.75) is 26.3 Å². The van der Waals surface area contributed by atoms with Crippen LogP contribution in [0.3, 0.4) is 0 Å². The van der Waals surface area contributed by atoms with Gasteiger partial charge in [0.15, 0.2) is 5.17 Å². The summed E-state index contributed by atoms with van der Waals surface area (Å²) in [6.07, 6.45) is 1.27. The molecule has 0 aromatic rings. The molecule has 2 fully saturated rings. The van der Waals surface area contributed by atoms with E-state index in [1.165, 1.54) is 41.9 Å². The Kier molecular flexibility index (Phi) is 6.18. The van der Waals surface area contributed by atoms with Crippen LogP contribution in [0.5, 0.6) is 0 Å². The number of nitrogens with one attached hydrogen (secondary N) is 1. The molecule has 3 nitrogen and oxygen atoms in total. The van der Waals surface area contributed by atoms with Gasteiger partial charge >= 0.3 is 0 Å². The Labute approximate surface area is 120 Å². The fourth-order valence-electron chi connectivity index (χ4n) is 2.26. The average molecular weight is 287 g/mol. The van der Waals surface area contributed by atoms with Crippen molar-refractivity contribution in [3.05, 3.63) is 0 Å². The van der Waals surface area contributed by atoms with Crippen molar-refractivity contribution in [1.29, 1.82) is 0 Å². The maximum Gasteiger partial charge on any atom is 0.156 e. The predicted molar refractivity (Wildman–Crippen MR) is 84.9 cm³/mol. The zero-order valence-corrected chi connectivity index (χ0v) is 13.2. The monoisotopic (exact) mass is 287 g/mol. The Morgan fingerprint density at radius 2 is 2.11 bits per heavy atom. The van der Waals surface area contributed by atoms with Crippen molar-refractivity contribution in [2.24, 2.45) is 10.9 Å². The van der Waals surface area contributed by atoms with Crippen LogP contribution >= 0.6 is 23.5 Å². The van der Waals surface area contributed by atoms with E-state index >= 15 is 0 Å². The summed E-state index contributed by atoms with van der Waals surface area (Å²) in [5, 5.41) is 4.75. The number of nitrogens with zero attached hydrogens (tertiary/aromatic N) is 2. The second kappa shape index (κ2) is 7.65. The first-order valence-electron chi connectivity index (χ1n) is 6.99. The van der Waals surface area contributed by atoms with Crippen molar-refractivity contribution in [1.82, 2.24) is 10.2 Å². The van der Waals surface area contributed by atoms with Gasteiger partial charge in [0.1, 0.15) is 0 Å². The van der Waals surface area contributed by atoms with Crippen LogP contribution in [0, 0.1) is 5.92 Å². The van der Waals surface area contributed by atoms with Crippen LogP contribution in [0.4, 0.5) is 0 Å². The molecule has 0 radical (unpaired) electrons.